The molecular formula is C13H14F2N2OS. The van der Waals surface area contributed by atoms with Crippen LogP contribution in [0.2, 0.25) is 0 Å². The molecule has 6 heteroatoms. The molecular weight excluding hydrogens is 270 g/mol. The van der Waals surface area contributed by atoms with E-state index in [1.165, 1.54) is 6.07 Å². The monoisotopic (exact) mass is 284 g/mol. The third-order valence-corrected chi connectivity index (χ3v) is 3.51. The number of benzene rings is 1. The highest BCUT2D eigenvalue weighted by molar-refractivity contribution is 7.05. The first-order valence-electron chi connectivity index (χ1n) is 5.76. The summed E-state index contributed by atoms with van der Waals surface area (Å²) in [5, 5.41) is 14.3. The molecule has 0 aliphatic carbocycles. The van der Waals surface area contributed by atoms with Crippen molar-refractivity contribution in [3.63, 3.8) is 0 Å². The van der Waals surface area contributed by atoms with Crippen LogP contribution in [-0.4, -0.2) is 14.7 Å². The molecule has 2 rings (SSSR count). The largest absolute Gasteiger partial charge is 0.383 e. The van der Waals surface area contributed by atoms with Crippen LogP contribution in [0.4, 0.5) is 8.78 Å². The Morgan fingerprint density at radius 3 is 2.53 bits per heavy atom. The Balaban J connectivity index is 2.45. The second-order valence-electron chi connectivity index (χ2n) is 5.30. The normalized spacial score (nSPS) is 13.6. The number of aliphatic hydroxyl groups is 1. The molecule has 1 aromatic heterocycles. The lowest BCUT2D eigenvalue weighted by molar-refractivity contribution is 0.215. The highest BCUT2D eigenvalue weighted by atomic mass is 32.1. The van der Waals surface area contributed by atoms with Crippen molar-refractivity contribution in [3.05, 3.63) is 46.0 Å². The topological polar surface area (TPSA) is 46.0 Å². The van der Waals surface area contributed by atoms with Gasteiger partial charge in [-0.2, -0.15) is 0 Å². The number of hydrogen-bond acceptors (Lipinski definition) is 4. The van der Waals surface area contributed by atoms with Crippen molar-refractivity contribution in [2.24, 2.45) is 0 Å². The van der Waals surface area contributed by atoms with Gasteiger partial charge in [0.25, 0.3) is 0 Å². The highest BCUT2D eigenvalue weighted by Crippen LogP contribution is 2.34. The van der Waals surface area contributed by atoms with Gasteiger partial charge in [-0.1, -0.05) is 31.3 Å². The second-order valence-corrected chi connectivity index (χ2v) is 6.09. The van der Waals surface area contributed by atoms with Crippen LogP contribution in [0.3, 0.4) is 0 Å². The second kappa shape index (κ2) is 4.94. The van der Waals surface area contributed by atoms with Gasteiger partial charge in [-0.3, -0.25) is 0 Å². The van der Waals surface area contributed by atoms with Crippen LogP contribution >= 0.6 is 11.5 Å². The van der Waals surface area contributed by atoms with E-state index in [0.29, 0.717) is 10.6 Å². The summed E-state index contributed by atoms with van der Waals surface area (Å²) < 4.78 is 30.4. The van der Waals surface area contributed by atoms with Crippen molar-refractivity contribution in [1.29, 1.82) is 0 Å². The summed E-state index contributed by atoms with van der Waals surface area (Å²) in [6.45, 7) is 5.79. The molecule has 1 aromatic carbocycles. The minimum atomic E-state index is -1.19. The lowest BCUT2D eigenvalue weighted by atomic mass is 9.89. The maximum absolute atomic E-state index is 13.7. The van der Waals surface area contributed by atoms with Crippen molar-refractivity contribution in [2.75, 3.05) is 0 Å². The maximum atomic E-state index is 13.7. The molecule has 0 radical (unpaired) electrons. The van der Waals surface area contributed by atoms with Gasteiger partial charge in [-0.15, -0.1) is 5.10 Å². The summed E-state index contributed by atoms with van der Waals surface area (Å²) in [7, 11) is 0. The quantitative estimate of drug-likeness (QED) is 0.921. The van der Waals surface area contributed by atoms with Crippen LogP contribution in [0, 0.1) is 11.6 Å². The van der Waals surface area contributed by atoms with Crippen LogP contribution in [0.1, 0.15) is 43.0 Å². The van der Waals surface area contributed by atoms with Crippen LogP contribution in [-0.2, 0) is 5.41 Å². The Kier molecular flexibility index (Phi) is 3.64. The molecule has 1 unspecified atom stereocenters. The van der Waals surface area contributed by atoms with Crippen molar-refractivity contribution < 1.29 is 13.9 Å². The van der Waals surface area contributed by atoms with Crippen LogP contribution < -0.4 is 0 Å². The first-order chi connectivity index (χ1) is 8.80. The fourth-order valence-corrected chi connectivity index (χ4v) is 2.63. The van der Waals surface area contributed by atoms with Gasteiger partial charge < -0.3 is 5.11 Å². The van der Waals surface area contributed by atoms with Gasteiger partial charge in [0, 0.05) is 17.0 Å². The summed E-state index contributed by atoms with van der Waals surface area (Å²) in [5.74, 6) is -1.45. The summed E-state index contributed by atoms with van der Waals surface area (Å²) >= 11 is 1.02. The Labute approximate surface area is 114 Å². The third kappa shape index (κ3) is 2.79. The molecule has 1 atom stereocenters. The lowest BCUT2D eigenvalue weighted by Gasteiger charge is -2.19. The van der Waals surface area contributed by atoms with Crippen LogP contribution in [0.15, 0.2) is 18.2 Å². The molecule has 0 amide bonds. The number of rotatable bonds is 2. The molecule has 0 spiro atoms. The standard InChI is InChI=1S/C13H14F2N2OS/c1-13(2,3)12-11(19-17-16-12)10(18)8-5-4-7(14)6-9(8)15/h4-6,10,18H,1-3H3. The molecule has 0 bridgehead atoms. The lowest BCUT2D eigenvalue weighted by Crippen LogP contribution is -2.16. The molecule has 0 aliphatic heterocycles. The summed E-state index contributed by atoms with van der Waals surface area (Å²) in [6.07, 6.45) is -1.19. The van der Waals surface area contributed by atoms with Crippen molar-refractivity contribution in [2.45, 2.75) is 32.3 Å². The van der Waals surface area contributed by atoms with E-state index in [1.807, 2.05) is 20.8 Å². The summed E-state index contributed by atoms with van der Waals surface area (Å²) in [6, 6.07) is 3.11. The molecule has 2 aromatic rings. The average molecular weight is 284 g/mol. The number of hydrogen-bond donors (Lipinski definition) is 1. The zero-order valence-electron chi connectivity index (χ0n) is 10.8. The number of nitrogens with zero attached hydrogens (tertiary/aromatic N) is 2. The predicted molar refractivity (Wildman–Crippen MR) is 69.0 cm³/mol. The molecule has 102 valence electrons. The third-order valence-electron chi connectivity index (χ3n) is 2.73. The van der Waals surface area contributed by atoms with E-state index >= 15 is 0 Å². The Morgan fingerprint density at radius 1 is 1.26 bits per heavy atom. The first-order valence-corrected chi connectivity index (χ1v) is 6.54. The van der Waals surface area contributed by atoms with E-state index in [0.717, 1.165) is 23.7 Å². The van der Waals surface area contributed by atoms with Crippen molar-refractivity contribution in [3.8, 4) is 0 Å². The molecule has 1 heterocycles. The molecule has 0 fully saturated rings. The number of halogens is 2. The zero-order chi connectivity index (χ0) is 14.2. The Hall–Kier alpha value is -1.40. The molecule has 0 saturated carbocycles. The molecule has 0 saturated heterocycles. The predicted octanol–water partition coefficient (Wildman–Crippen LogP) is 3.20. The van der Waals surface area contributed by atoms with Crippen molar-refractivity contribution >= 4 is 11.5 Å². The molecule has 19 heavy (non-hydrogen) atoms. The molecule has 0 aliphatic rings. The van der Waals surface area contributed by atoms with Crippen LogP contribution in [0.5, 0.6) is 0 Å². The first kappa shape index (κ1) is 14.0. The summed E-state index contributed by atoms with van der Waals surface area (Å²) in [4.78, 5) is 0.484. The van der Waals surface area contributed by atoms with E-state index in [-0.39, 0.29) is 11.0 Å². The van der Waals surface area contributed by atoms with Gasteiger partial charge in [-0.25, -0.2) is 8.78 Å². The minimum absolute atomic E-state index is 0.0259. The fourth-order valence-electron chi connectivity index (χ4n) is 1.76. The van der Waals surface area contributed by atoms with Crippen LogP contribution in [0.25, 0.3) is 0 Å². The van der Waals surface area contributed by atoms with E-state index in [9.17, 15) is 13.9 Å². The smallest absolute Gasteiger partial charge is 0.132 e. The van der Waals surface area contributed by atoms with Gasteiger partial charge in [0.2, 0.25) is 0 Å². The van der Waals surface area contributed by atoms with E-state index in [4.69, 9.17) is 0 Å². The molecule has 1 N–H and O–H groups in total. The van der Waals surface area contributed by atoms with Gasteiger partial charge >= 0.3 is 0 Å². The average Bonchev–Trinajstić information content (AvgIpc) is 2.76. The Morgan fingerprint density at radius 2 is 1.95 bits per heavy atom. The number of aliphatic hydroxyl groups excluding tert-OH is 1. The van der Waals surface area contributed by atoms with Gasteiger partial charge in [0.15, 0.2) is 0 Å². The van der Waals surface area contributed by atoms with Gasteiger partial charge in [0.1, 0.15) is 17.7 Å². The van der Waals surface area contributed by atoms with E-state index in [2.05, 4.69) is 9.59 Å². The minimum Gasteiger partial charge on any atom is -0.383 e. The molecule has 3 nitrogen and oxygen atoms in total. The maximum Gasteiger partial charge on any atom is 0.132 e. The summed E-state index contributed by atoms with van der Waals surface area (Å²) in [5.41, 5.74) is 0.339. The van der Waals surface area contributed by atoms with Gasteiger partial charge in [-0.05, 0) is 17.6 Å². The highest BCUT2D eigenvalue weighted by Gasteiger charge is 2.28. The number of aromatic nitrogens is 2. The van der Waals surface area contributed by atoms with Gasteiger partial charge in [0.05, 0.1) is 10.6 Å². The fraction of sp³-hybridized carbons (Fsp3) is 0.385. The van der Waals surface area contributed by atoms with E-state index in [1.54, 1.807) is 0 Å². The SMILES string of the molecule is CC(C)(C)c1nnsc1C(O)c1ccc(F)cc1F. The van der Waals surface area contributed by atoms with E-state index < -0.39 is 17.7 Å². The Bertz CT molecular complexity index is 593. The zero-order valence-corrected chi connectivity index (χ0v) is 11.6. The van der Waals surface area contributed by atoms with Crippen molar-refractivity contribution in [1.82, 2.24) is 9.59 Å².